The molecule has 10 heteroatoms. The van der Waals surface area contributed by atoms with E-state index in [1.54, 1.807) is 0 Å². The smallest absolute Gasteiger partial charge is 0.210 e. The SMILES string of the molecule is CN1CCN(c2cc3c(cc2Nc2nnc(-c4ccc(Br)cc4)s2)nc(-c2ccc(F)cc2)n3C2CC2)CC1. The molecule has 7 rings (SSSR count). The third-order valence-corrected chi connectivity index (χ3v) is 8.84. The largest absolute Gasteiger partial charge is 0.367 e. The molecule has 0 radical (unpaired) electrons. The van der Waals surface area contributed by atoms with E-state index in [4.69, 9.17) is 4.98 Å². The monoisotopic (exact) mass is 603 g/mol. The first kappa shape index (κ1) is 24.7. The van der Waals surface area contributed by atoms with Crippen molar-refractivity contribution in [3.63, 3.8) is 0 Å². The number of hydrogen-bond acceptors (Lipinski definition) is 7. The van der Waals surface area contributed by atoms with E-state index in [2.05, 4.69) is 65.0 Å². The zero-order valence-corrected chi connectivity index (χ0v) is 23.8. The fourth-order valence-electron chi connectivity index (χ4n) is 5.14. The first-order chi connectivity index (χ1) is 19.0. The summed E-state index contributed by atoms with van der Waals surface area (Å²) in [5.41, 5.74) is 6.10. The molecular formula is C29H27BrFN7S. The molecule has 2 aromatic heterocycles. The maximum atomic E-state index is 13.7. The minimum absolute atomic E-state index is 0.240. The van der Waals surface area contributed by atoms with Crippen LogP contribution in [-0.4, -0.2) is 57.9 Å². The third-order valence-electron chi connectivity index (χ3n) is 7.42. The van der Waals surface area contributed by atoms with Crippen LogP contribution in [0.1, 0.15) is 18.9 Å². The molecule has 3 heterocycles. The Bertz CT molecular complexity index is 1640. The quantitative estimate of drug-likeness (QED) is 0.226. The van der Waals surface area contributed by atoms with Crippen molar-refractivity contribution in [1.82, 2.24) is 24.6 Å². The van der Waals surface area contributed by atoms with E-state index in [0.29, 0.717) is 6.04 Å². The van der Waals surface area contributed by atoms with Crippen LogP contribution in [-0.2, 0) is 0 Å². The van der Waals surface area contributed by atoms with Gasteiger partial charge < -0.3 is 19.7 Å². The van der Waals surface area contributed by atoms with Gasteiger partial charge in [0.05, 0.1) is 22.4 Å². The van der Waals surface area contributed by atoms with Crippen molar-refractivity contribution in [3.8, 4) is 22.0 Å². The van der Waals surface area contributed by atoms with Gasteiger partial charge in [-0.15, -0.1) is 10.2 Å². The molecule has 0 spiro atoms. The van der Waals surface area contributed by atoms with Crippen LogP contribution in [0.5, 0.6) is 0 Å². The first-order valence-electron chi connectivity index (χ1n) is 13.1. The lowest BCUT2D eigenvalue weighted by Gasteiger charge is -2.35. The average Bonchev–Trinajstić information content (AvgIpc) is 3.56. The number of hydrogen-bond donors (Lipinski definition) is 1. The molecule has 198 valence electrons. The highest BCUT2D eigenvalue weighted by Gasteiger charge is 2.30. The van der Waals surface area contributed by atoms with Gasteiger partial charge in [0.2, 0.25) is 5.13 Å². The summed E-state index contributed by atoms with van der Waals surface area (Å²) in [6, 6.07) is 19.6. The summed E-state index contributed by atoms with van der Waals surface area (Å²) in [4.78, 5) is 9.88. The Labute approximate surface area is 238 Å². The summed E-state index contributed by atoms with van der Waals surface area (Å²) >= 11 is 5.03. The zero-order chi connectivity index (χ0) is 26.5. The summed E-state index contributed by atoms with van der Waals surface area (Å²) in [5, 5.41) is 14.1. The van der Waals surface area contributed by atoms with Gasteiger partial charge in [0.15, 0.2) is 0 Å². The van der Waals surface area contributed by atoms with E-state index >= 15 is 0 Å². The van der Waals surface area contributed by atoms with Crippen LogP contribution in [0.4, 0.5) is 20.9 Å². The second-order valence-corrected chi connectivity index (χ2v) is 12.1. The molecule has 1 aliphatic heterocycles. The molecule has 2 fully saturated rings. The Balaban J connectivity index is 1.31. The van der Waals surface area contributed by atoms with Gasteiger partial charge in [-0.25, -0.2) is 9.37 Å². The maximum absolute atomic E-state index is 13.7. The number of anilines is 3. The van der Waals surface area contributed by atoms with Crippen molar-refractivity contribution in [3.05, 3.63) is 71.0 Å². The number of nitrogens with zero attached hydrogens (tertiary/aromatic N) is 6. The van der Waals surface area contributed by atoms with Gasteiger partial charge in [-0.3, -0.25) is 0 Å². The highest BCUT2D eigenvalue weighted by Crippen LogP contribution is 2.44. The molecule has 1 aliphatic carbocycles. The Hall–Kier alpha value is -3.34. The lowest BCUT2D eigenvalue weighted by atomic mass is 10.2. The number of benzene rings is 3. The third kappa shape index (κ3) is 4.92. The molecule has 0 amide bonds. The van der Waals surface area contributed by atoms with E-state index in [0.717, 1.165) is 93.0 Å². The average molecular weight is 605 g/mol. The van der Waals surface area contributed by atoms with Crippen LogP contribution in [0.25, 0.3) is 33.0 Å². The van der Waals surface area contributed by atoms with Crippen molar-refractivity contribution in [2.45, 2.75) is 18.9 Å². The predicted molar refractivity (Wildman–Crippen MR) is 159 cm³/mol. The van der Waals surface area contributed by atoms with Gasteiger partial charge in [0, 0.05) is 47.8 Å². The number of imidazole rings is 1. The van der Waals surface area contributed by atoms with Crippen LogP contribution < -0.4 is 10.2 Å². The molecule has 0 unspecified atom stereocenters. The van der Waals surface area contributed by atoms with Crippen molar-refractivity contribution >= 4 is 54.8 Å². The summed E-state index contributed by atoms with van der Waals surface area (Å²) in [6.45, 7) is 3.90. The Kier molecular flexibility index (Phi) is 6.33. The maximum Gasteiger partial charge on any atom is 0.210 e. The van der Waals surface area contributed by atoms with Crippen molar-refractivity contribution in [2.24, 2.45) is 0 Å². The van der Waals surface area contributed by atoms with E-state index in [9.17, 15) is 4.39 Å². The molecule has 1 N–H and O–H groups in total. The molecule has 0 bridgehead atoms. The van der Waals surface area contributed by atoms with E-state index in [-0.39, 0.29) is 5.82 Å². The standard InChI is InChI=1S/C29H27BrFN7S/c1-36-12-14-37(15-13-36)25-17-26-24(32-27(38(26)22-10-11-22)18-4-8-21(31)9-5-18)16-23(25)33-29-35-34-28(39-29)19-2-6-20(30)7-3-19/h2-9,16-17,22H,10-15H2,1H3,(H,33,35). The minimum atomic E-state index is -0.240. The highest BCUT2D eigenvalue weighted by molar-refractivity contribution is 9.10. The van der Waals surface area contributed by atoms with Gasteiger partial charge in [-0.05, 0) is 68.4 Å². The highest BCUT2D eigenvalue weighted by atomic mass is 79.9. The summed E-state index contributed by atoms with van der Waals surface area (Å²) in [5.74, 6) is 0.652. The van der Waals surface area contributed by atoms with Crippen molar-refractivity contribution in [2.75, 3.05) is 43.4 Å². The summed E-state index contributed by atoms with van der Waals surface area (Å²) in [6.07, 6.45) is 2.26. The summed E-state index contributed by atoms with van der Waals surface area (Å²) in [7, 11) is 2.17. The van der Waals surface area contributed by atoms with Crippen LogP contribution in [0.15, 0.2) is 65.1 Å². The molecule has 1 saturated heterocycles. The van der Waals surface area contributed by atoms with Crippen LogP contribution in [0.3, 0.4) is 0 Å². The predicted octanol–water partition coefficient (Wildman–Crippen LogP) is 6.95. The Morgan fingerprint density at radius 2 is 1.64 bits per heavy atom. The van der Waals surface area contributed by atoms with Crippen molar-refractivity contribution < 1.29 is 4.39 Å². The van der Waals surface area contributed by atoms with Gasteiger partial charge >= 0.3 is 0 Å². The minimum Gasteiger partial charge on any atom is -0.367 e. The molecule has 7 nitrogen and oxygen atoms in total. The lowest BCUT2D eigenvalue weighted by Crippen LogP contribution is -2.44. The van der Waals surface area contributed by atoms with Crippen LogP contribution >= 0.6 is 27.3 Å². The van der Waals surface area contributed by atoms with Gasteiger partial charge in [-0.1, -0.05) is 39.4 Å². The number of halogens is 2. The topological polar surface area (TPSA) is 62.1 Å². The Morgan fingerprint density at radius 3 is 2.36 bits per heavy atom. The Morgan fingerprint density at radius 1 is 0.923 bits per heavy atom. The number of nitrogens with one attached hydrogen (secondary N) is 1. The normalized spacial score (nSPS) is 16.2. The fourth-order valence-corrected chi connectivity index (χ4v) is 6.17. The number of fused-ring (bicyclic) bond motifs is 1. The fraction of sp³-hybridized carbons (Fsp3) is 0.276. The molecular weight excluding hydrogens is 577 g/mol. The molecule has 2 aliphatic rings. The molecule has 1 saturated carbocycles. The van der Waals surface area contributed by atoms with Crippen LogP contribution in [0, 0.1) is 5.82 Å². The number of likely N-dealkylation sites (N-methyl/N-ethyl adjacent to an activating group) is 1. The van der Waals surface area contributed by atoms with Crippen LogP contribution in [0.2, 0.25) is 0 Å². The van der Waals surface area contributed by atoms with E-state index < -0.39 is 0 Å². The van der Waals surface area contributed by atoms with Crippen molar-refractivity contribution in [1.29, 1.82) is 0 Å². The summed E-state index contributed by atoms with van der Waals surface area (Å²) < 4.78 is 17.1. The van der Waals surface area contributed by atoms with E-state index in [1.807, 2.05) is 36.4 Å². The van der Waals surface area contributed by atoms with Gasteiger partial charge in [0.25, 0.3) is 0 Å². The first-order valence-corrected chi connectivity index (χ1v) is 14.7. The number of aromatic nitrogens is 4. The van der Waals surface area contributed by atoms with Gasteiger partial charge in [-0.2, -0.15) is 0 Å². The van der Waals surface area contributed by atoms with E-state index in [1.165, 1.54) is 23.5 Å². The molecule has 0 atom stereocenters. The lowest BCUT2D eigenvalue weighted by molar-refractivity contribution is 0.313. The zero-order valence-electron chi connectivity index (χ0n) is 21.4. The second-order valence-electron chi connectivity index (χ2n) is 10.2. The number of rotatable bonds is 6. The second kappa shape index (κ2) is 10.0. The number of piperazine rings is 1. The molecule has 39 heavy (non-hydrogen) atoms. The molecule has 3 aromatic carbocycles. The van der Waals surface area contributed by atoms with Gasteiger partial charge in [0.1, 0.15) is 16.6 Å². The molecule has 5 aromatic rings.